The van der Waals surface area contributed by atoms with Crippen LogP contribution in [0.2, 0.25) is 0 Å². The van der Waals surface area contributed by atoms with E-state index in [0.29, 0.717) is 12.8 Å². The Hall–Kier alpha value is -1.39. The van der Waals surface area contributed by atoms with E-state index in [2.05, 4.69) is 11.7 Å². The molecule has 3 unspecified atom stereocenters. The summed E-state index contributed by atoms with van der Waals surface area (Å²) >= 11 is 0. The molecule has 0 aromatic carbocycles. The second kappa shape index (κ2) is 7.26. The van der Waals surface area contributed by atoms with Crippen LogP contribution in [0.1, 0.15) is 52.9 Å². The van der Waals surface area contributed by atoms with Gasteiger partial charge in [-0.1, -0.05) is 33.6 Å². The predicted octanol–water partition coefficient (Wildman–Crippen LogP) is 2.22. The number of hydrogen-bond donors (Lipinski definition) is 0. The van der Waals surface area contributed by atoms with Crippen molar-refractivity contribution in [2.24, 2.45) is 11.8 Å². The third-order valence-corrected chi connectivity index (χ3v) is 3.45. The first-order chi connectivity index (χ1) is 9.01. The molecular weight excluding hydrogens is 248 g/mol. The quantitative estimate of drug-likeness (QED) is 0.403. The van der Waals surface area contributed by atoms with Crippen LogP contribution in [0.5, 0.6) is 0 Å². The Kier molecular flexibility index (Phi) is 5.99. The van der Waals surface area contributed by atoms with E-state index in [-0.39, 0.29) is 5.97 Å². The summed E-state index contributed by atoms with van der Waals surface area (Å²) in [6.45, 7) is 5.51. The second-order valence-electron chi connectivity index (χ2n) is 4.95. The van der Waals surface area contributed by atoms with Gasteiger partial charge in [0.1, 0.15) is 12.0 Å². The zero-order chi connectivity index (χ0) is 14.4. The number of ether oxygens (including phenoxy) is 2. The Balaban J connectivity index is 2.55. The summed E-state index contributed by atoms with van der Waals surface area (Å²) in [5, 5.41) is 0. The SMILES string of the molecule is CCCCCC(=O)OC(CC)C1C(=O)OC(=O)C1C. The average molecular weight is 270 g/mol. The molecule has 1 aliphatic rings. The molecule has 0 radical (unpaired) electrons. The number of hydrogen-bond acceptors (Lipinski definition) is 5. The lowest BCUT2D eigenvalue weighted by molar-refractivity contribution is -0.158. The summed E-state index contributed by atoms with van der Waals surface area (Å²) in [5.74, 6) is -2.62. The average Bonchev–Trinajstić information content (AvgIpc) is 2.61. The molecule has 0 spiro atoms. The maximum absolute atomic E-state index is 11.7. The van der Waals surface area contributed by atoms with Gasteiger partial charge in [0.05, 0.1) is 5.92 Å². The number of rotatable bonds is 7. The highest BCUT2D eigenvalue weighted by Crippen LogP contribution is 2.29. The van der Waals surface area contributed by atoms with Crippen LogP contribution in [0, 0.1) is 11.8 Å². The molecule has 0 amide bonds. The number of carbonyl (C=O) groups excluding carboxylic acids is 3. The standard InChI is InChI=1S/C14H22O5/c1-4-6-7-8-11(15)18-10(5-2)12-9(3)13(16)19-14(12)17/h9-10,12H,4-8H2,1-3H3. The fourth-order valence-corrected chi connectivity index (χ4v) is 2.24. The van der Waals surface area contributed by atoms with Crippen molar-refractivity contribution in [2.45, 2.75) is 59.0 Å². The van der Waals surface area contributed by atoms with Crippen LogP contribution in [0.4, 0.5) is 0 Å². The topological polar surface area (TPSA) is 69.7 Å². The fraction of sp³-hybridized carbons (Fsp3) is 0.786. The van der Waals surface area contributed by atoms with Crippen LogP contribution in [0.15, 0.2) is 0 Å². The molecule has 0 N–H and O–H groups in total. The van der Waals surface area contributed by atoms with E-state index in [1.165, 1.54) is 0 Å². The highest BCUT2D eigenvalue weighted by molar-refractivity contribution is 5.96. The first-order valence-electron chi connectivity index (χ1n) is 6.96. The van der Waals surface area contributed by atoms with E-state index in [1.807, 2.05) is 6.92 Å². The van der Waals surface area contributed by atoms with Crippen LogP contribution in [0.3, 0.4) is 0 Å². The summed E-state index contributed by atoms with van der Waals surface area (Å²) in [6.07, 6.45) is 3.08. The van der Waals surface area contributed by atoms with Gasteiger partial charge in [0.2, 0.25) is 0 Å². The first kappa shape index (κ1) is 15.7. The molecule has 1 heterocycles. The molecule has 19 heavy (non-hydrogen) atoms. The third-order valence-electron chi connectivity index (χ3n) is 3.45. The monoisotopic (exact) mass is 270 g/mol. The second-order valence-corrected chi connectivity index (χ2v) is 4.95. The zero-order valence-corrected chi connectivity index (χ0v) is 11.8. The fourth-order valence-electron chi connectivity index (χ4n) is 2.24. The van der Waals surface area contributed by atoms with Crippen molar-refractivity contribution in [3.05, 3.63) is 0 Å². The summed E-state index contributed by atoms with van der Waals surface area (Å²) in [4.78, 5) is 34.6. The molecule has 108 valence electrons. The van der Waals surface area contributed by atoms with Crippen LogP contribution in [0.25, 0.3) is 0 Å². The van der Waals surface area contributed by atoms with Crippen LogP contribution in [-0.4, -0.2) is 24.0 Å². The Morgan fingerprint density at radius 3 is 2.42 bits per heavy atom. The summed E-state index contributed by atoms with van der Waals surface area (Å²) < 4.78 is 9.91. The molecule has 1 rings (SSSR count). The minimum absolute atomic E-state index is 0.306. The van der Waals surface area contributed by atoms with Crippen molar-refractivity contribution in [1.29, 1.82) is 0 Å². The van der Waals surface area contributed by atoms with Gasteiger partial charge in [-0.15, -0.1) is 0 Å². The van der Waals surface area contributed by atoms with Gasteiger partial charge >= 0.3 is 17.9 Å². The molecule has 1 aliphatic heterocycles. The van der Waals surface area contributed by atoms with Gasteiger partial charge < -0.3 is 9.47 Å². The van der Waals surface area contributed by atoms with Gasteiger partial charge in [-0.3, -0.25) is 14.4 Å². The Labute approximate surface area is 113 Å². The Morgan fingerprint density at radius 1 is 1.26 bits per heavy atom. The van der Waals surface area contributed by atoms with Gasteiger partial charge in [0.15, 0.2) is 0 Å². The molecule has 3 atom stereocenters. The van der Waals surface area contributed by atoms with Crippen LogP contribution < -0.4 is 0 Å². The maximum atomic E-state index is 11.7. The highest BCUT2D eigenvalue weighted by Gasteiger charge is 2.46. The zero-order valence-electron chi connectivity index (χ0n) is 11.8. The molecule has 1 saturated heterocycles. The Bertz CT molecular complexity index is 350. The maximum Gasteiger partial charge on any atom is 0.321 e. The van der Waals surface area contributed by atoms with Gasteiger partial charge in [-0.2, -0.15) is 0 Å². The van der Waals surface area contributed by atoms with Crippen LogP contribution in [-0.2, 0) is 23.9 Å². The number of unbranched alkanes of at least 4 members (excludes halogenated alkanes) is 2. The van der Waals surface area contributed by atoms with Crippen molar-refractivity contribution in [1.82, 2.24) is 0 Å². The molecule has 0 saturated carbocycles. The third kappa shape index (κ3) is 4.04. The minimum Gasteiger partial charge on any atom is -0.461 e. The number of carbonyl (C=O) groups is 3. The largest absolute Gasteiger partial charge is 0.461 e. The molecule has 5 nitrogen and oxygen atoms in total. The molecule has 5 heteroatoms. The van der Waals surface area contributed by atoms with Crippen molar-refractivity contribution in [3.63, 3.8) is 0 Å². The van der Waals surface area contributed by atoms with Crippen molar-refractivity contribution in [3.8, 4) is 0 Å². The van der Waals surface area contributed by atoms with E-state index in [1.54, 1.807) is 6.92 Å². The van der Waals surface area contributed by atoms with Gasteiger partial charge in [-0.25, -0.2) is 0 Å². The predicted molar refractivity (Wildman–Crippen MR) is 68.1 cm³/mol. The van der Waals surface area contributed by atoms with Crippen molar-refractivity contribution >= 4 is 17.9 Å². The van der Waals surface area contributed by atoms with Crippen molar-refractivity contribution in [2.75, 3.05) is 0 Å². The lowest BCUT2D eigenvalue weighted by Gasteiger charge is -2.21. The first-order valence-corrected chi connectivity index (χ1v) is 6.96. The molecule has 1 fully saturated rings. The summed E-state index contributed by atoms with van der Waals surface area (Å²) in [7, 11) is 0. The van der Waals surface area contributed by atoms with Crippen LogP contribution >= 0.6 is 0 Å². The number of esters is 3. The van der Waals surface area contributed by atoms with E-state index in [0.717, 1.165) is 19.3 Å². The molecule has 0 aliphatic carbocycles. The van der Waals surface area contributed by atoms with Gasteiger partial charge in [0.25, 0.3) is 0 Å². The molecule has 0 aromatic rings. The van der Waals surface area contributed by atoms with E-state index < -0.39 is 29.9 Å². The smallest absolute Gasteiger partial charge is 0.321 e. The lowest BCUT2D eigenvalue weighted by Crippen LogP contribution is -2.33. The number of cyclic esters (lactones) is 2. The van der Waals surface area contributed by atoms with Crippen molar-refractivity contribution < 1.29 is 23.9 Å². The van der Waals surface area contributed by atoms with Gasteiger partial charge in [0, 0.05) is 6.42 Å². The molecule has 0 bridgehead atoms. The lowest BCUT2D eigenvalue weighted by atomic mass is 9.90. The van der Waals surface area contributed by atoms with Gasteiger partial charge in [-0.05, 0) is 12.8 Å². The summed E-state index contributed by atoms with van der Waals surface area (Å²) in [5.41, 5.74) is 0. The highest BCUT2D eigenvalue weighted by atomic mass is 16.6. The van der Waals surface area contributed by atoms with E-state index in [4.69, 9.17) is 4.74 Å². The molecule has 0 aromatic heterocycles. The van der Waals surface area contributed by atoms with E-state index in [9.17, 15) is 14.4 Å². The Morgan fingerprint density at radius 2 is 1.95 bits per heavy atom. The normalized spacial score (nSPS) is 24.2. The summed E-state index contributed by atoms with van der Waals surface area (Å²) in [6, 6.07) is 0. The minimum atomic E-state index is -0.660. The molecular formula is C14H22O5. The van der Waals surface area contributed by atoms with E-state index >= 15 is 0 Å².